The molecule has 10 nitrogen and oxygen atoms in total. The summed E-state index contributed by atoms with van der Waals surface area (Å²) in [4.78, 5) is 37.7. The van der Waals surface area contributed by atoms with Crippen molar-refractivity contribution in [2.75, 3.05) is 50.1 Å². The van der Waals surface area contributed by atoms with Gasteiger partial charge in [0.1, 0.15) is 11.5 Å². The number of hydrogen-bond acceptors (Lipinski definition) is 7. The molecular weight excluding hydrogens is 525 g/mol. The molecule has 0 spiro atoms. The minimum atomic E-state index is -0.352. The number of hydrogen-bond donors (Lipinski definition) is 2. The summed E-state index contributed by atoms with van der Waals surface area (Å²) in [7, 11) is 0. The van der Waals surface area contributed by atoms with Crippen LogP contribution in [0.3, 0.4) is 0 Å². The van der Waals surface area contributed by atoms with E-state index in [0.29, 0.717) is 62.2 Å². The standard InChI is InChI=1S/C30H32FN7O3/c1-20-4-2-3-5-25(20)26-18-21-19-32-29(34-27(21)38(28(26)39)24-10-16-41-17-11-24)35-37-14-12-36(13-15-37)30(40)33-23-8-6-22(31)7-9-23/h2-9,18-19,24H,10-17H2,1H3,(H,33,40)(H,32,34,35). The Morgan fingerprint density at radius 3 is 2.46 bits per heavy atom. The molecule has 2 fully saturated rings. The second-order valence-electron chi connectivity index (χ2n) is 10.4. The molecule has 4 aromatic rings. The SMILES string of the molecule is Cc1ccccc1-c1cc2cnc(NN3CCN(C(=O)Nc4ccc(F)cc4)CC3)nc2n(C2CCOCC2)c1=O. The number of carbonyl (C=O) groups excluding carboxylic acids is 1. The first kappa shape index (κ1) is 26.9. The van der Waals surface area contributed by atoms with Gasteiger partial charge in [-0.15, -0.1) is 0 Å². The molecule has 41 heavy (non-hydrogen) atoms. The third kappa shape index (κ3) is 5.77. The molecule has 2 N–H and O–H groups in total. The Balaban J connectivity index is 1.22. The number of nitrogens with zero attached hydrogens (tertiary/aromatic N) is 5. The maximum absolute atomic E-state index is 14.0. The fourth-order valence-corrected chi connectivity index (χ4v) is 5.42. The van der Waals surface area contributed by atoms with E-state index in [1.807, 2.05) is 46.8 Å². The first-order chi connectivity index (χ1) is 20.0. The average Bonchev–Trinajstić information content (AvgIpc) is 2.99. The zero-order valence-corrected chi connectivity index (χ0v) is 22.8. The van der Waals surface area contributed by atoms with Crippen LogP contribution in [0.5, 0.6) is 0 Å². The van der Waals surface area contributed by atoms with Gasteiger partial charge in [0.15, 0.2) is 0 Å². The number of rotatable bonds is 5. The number of hydrazine groups is 1. The maximum atomic E-state index is 14.0. The molecule has 2 aromatic heterocycles. The number of pyridine rings is 1. The van der Waals surface area contributed by atoms with Gasteiger partial charge < -0.3 is 15.0 Å². The second kappa shape index (κ2) is 11.6. The van der Waals surface area contributed by atoms with Crippen LogP contribution in [0.25, 0.3) is 22.2 Å². The Morgan fingerprint density at radius 1 is 1.00 bits per heavy atom. The third-order valence-electron chi connectivity index (χ3n) is 7.68. The van der Waals surface area contributed by atoms with Gasteiger partial charge in [0.25, 0.3) is 5.56 Å². The summed E-state index contributed by atoms with van der Waals surface area (Å²) in [5.74, 6) is 0.0423. The van der Waals surface area contributed by atoms with Gasteiger partial charge in [-0.2, -0.15) is 4.98 Å². The zero-order chi connectivity index (χ0) is 28.3. The lowest BCUT2D eigenvalue weighted by molar-refractivity contribution is 0.0697. The zero-order valence-electron chi connectivity index (χ0n) is 22.8. The van der Waals surface area contributed by atoms with Crippen molar-refractivity contribution in [3.63, 3.8) is 0 Å². The first-order valence-corrected chi connectivity index (χ1v) is 13.9. The highest BCUT2D eigenvalue weighted by Crippen LogP contribution is 2.28. The predicted octanol–water partition coefficient (Wildman–Crippen LogP) is 4.43. The average molecular weight is 558 g/mol. The molecule has 0 radical (unpaired) electrons. The van der Waals surface area contributed by atoms with Gasteiger partial charge in [0.05, 0.1) is 0 Å². The second-order valence-corrected chi connectivity index (χ2v) is 10.4. The molecule has 2 aliphatic heterocycles. The number of nitrogens with one attached hydrogen (secondary N) is 2. The minimum absolute atomic E-state index is 0.0198. The van der Waals surface area contributed by atoms with Crippen LogP contribution in [0.1, 0.15) is 24.4 Å². The summed E-state index contributed by atoms with van der Waals surface area (Å²) >= 11 is 0. The Kier molecular flexibility index (Phi) is 7.62. The van der Waals surface area contributed by atoms with E-state index in [1.54, 1.807) is 11.1 Å². The molecule has 11 heteroatoms. The third-order valence-corrected chi connectivity index (χ3v) is 7.68. The number of piperazine rings is 1. The van der Waals surface area contributed by atoms with E-state index in [4.69, 9.17) is 9.72 Å². The molecule has 212 valence electrons. The van der Waals surface area contributed by atoms with E-state index in [2.05, 4.69) is 15.7 Å². The van der Waals surface area contributed by atoms with Gasteiger partial charge in [-0.05, 0) is 61.2 Å². The van der Waals surface area contributed by atoms with E-state index in [9.17, 15) is 14.0 Å². The topological polar surface area (TPSA) is 105 Å². The fourth-order valence-electron chi connectivity index (χ4n) is 5.42. The number of benzene rings is 2. The predicted molar refractivity (Wildman–Crippen MR) is 155 cm³/mol. The van der Waals surface area contributed by atoms with E-state index < -0.39 is 0 Å². The summed E-state index contributed by atoms with van der Waals surface area (Å²) in [5.41, 5.74) is 6.92. The quantitative estimate of drug-likeness (QED) is 0.374. The lowest BCUT2D eigenvalue weighted by Crippen LogP contribution is -2.51. The molecule has 0 unspecified atom stereocenters. The molecule has 0 aliphatic carbocycles. The molecule has 0 bridgehead atoms. The molecule has 2 aromatic carbocycles. The summed E-state index contributed by atoms with van der Waals surface area (Å²) in [6.07, 6.45) is 3.23. The number of amides is 2. The molecule has 4 heterocycles. The number of aryl methyl sites for hydroxylation is 1. The van der Waals surface area contributed by atoms with Crippen molar-refractivity contribution >= 4 is 28.7 Å². The number of anilines is 2. The Hall–Kier alpha value is -4.35. The fraction of sp³-hybridized carbons (Fsp3) is 0.333. The summed E-state index contributed by atoms with van der Waals surface area (Å²) in [6.45, 7) is 5.28. The van der Waals surface area contributed by atoms with Crippen molar-refractivity contribution in [2.45, 2.75) is 25.8 Å². The highest BCUT2D eigenvalue weighted by Gasteiger charge is 2.25. The van der Waals surface area contributed by atoms with Crippen LogP contribution in [0, 0.1) is 12.7 Å². The van der Waals surface area contributed by atoms with E-state index in [1.165, 1.54) is 24.3 Å². The van der Waals surface area contributed by atoms with Crippen LogP contribution in [0.2, 0.25) is 0 Å². The number of aromatic nitrogens is 3. The molecule has 2 saturated heterocycles. The molecule has 0 saturated carbocycles. The number of carbonyl (C=O) groups is 1. The van der Waals surface area contributed by atoms with Gasteiger partial charge in [-0.1, -0.05) is 24.3 Å². The molecule has 0 atom stereocenters. The van der Waals surface area contributed by atoms with E-state index in [0.717, 1.165) is 29.4 Å². The molecule has 2 amide bonds. The number of ether oxygens (including phenoxy) is 1. The van der Waals surface area contributed by atoms with Gasteiger partial charge in [0, 0.05) is 68.3 Å². The van der Waals surface area contributed by atoms with Crippen LogP contribution in [0.15, 0.2) is 65.6 Å². The Labute approximate surface area is 236 Å². The van der Waals surface area contributed by atoms with E-state index in [-0.39, 0.29) is 23.4 Å². The van der Waals surface area contributed by atoms with E-state index >= 15 is 0 Å². The smallest absolute Gasteiger partial charge is 0.321 e. The van der Waals surface area contributed by atoms with Crippen LogP contribution in [-0.4, -0.2) is 69.9 Å². The van der Waals surface area contributed by atoms with Crippen LogP contribution < -0.4 is 16.3 Å². The van der Waals surface area contributed by atoms with Crippen molar-refractivity contribution in [3.8, 4) is 11.1 Å². The van der Waals surface area contributed by atoms with Gasteiger partial charge in [-0.3, -0.25) is 14.8 Å². The first-order valence-electron chi connectivity index (χ1n) is 13.9. The number of urea groups is 1. The molecule has 2 aliphatic rings. The van der Waals surface area contributed by atoms with Crippen molar-refractivity contribution in [2.24, 2.45) is 0 Å². The summed E-state index contributed by atoms with van der Waals surface area (Å²) < 4.78 is 20.6. The highest BCUT2D eigenvalue weighted by molar-refractivity contribution is 5.89. The van der Waals surface area contributed by atoms with Crippen LogP contribution in [-0.2, 0) is 4.74 Å². The summed E-state index contributed by atoms with van der Waals surface area (Å²) in [5, 5.41) is 5.55. The maximum Gasteiger partial charge on any atom is 0.321 e. The minimum Gasteiger partial charge on any atom is -0.381 e. The molecular formula is C30H32FN7O3. The molecule has 6 rings (SSSR count). The Morgan fingerprint density at radius 2 is 1.73 bits per heavy atom. The van der Waals surface area contributed by atoms with Crippen molar-refractivity contribution in [1.82, 2.24) is 24.4 Å². The monoisotopic (exact) mass is 557 g/mol. The Bertz CT molecular complexity index is 1610. The van der Waals surface area contributed by atoms with Gasteiger partial charge in [-0.25, -0.2) is 19.2 Å². The number of fused-ring (bicyclic) bond motifs is 1. The van der Waals surface area contributed by atoms with Crippen molar-refractivity contribution in [3.05, 3.63) is 82.5 Å². The lowest BCUT2D eigenvalue weighted by atomic mass is 10.00. The number of halogens is 1. The normalized spacial score (nSPS) is 16.6. The van der Waals surface area contributed by atoms with Crippen LogP contribution >= 0.6 is 0 Å². The largest absolute Gasteiger partial charge is 0.381 e. The van der Waals surface area contributed by atoms with Crippen molar-refractivity contribution < 1.29 is 13.9 Å². The highest BCUT2D eigenvalue weighted by atomic mass is 19.1. The van der Waals surface area contributed by atoms with Crippen LogP contribution in [0.4, 0.5) is 20.8 Å². The van der Waals surface area contributed by atoms with Gasteiger partial charge in [0.2, 0.25) is 5.95 Å². The van der Waals surface area contributed by atoms with Gasteiger partial charge >= 0.3 is 6.03 Å². The van der Waals surface area contributed by atoms with Crippen molar-refractivity contribution in [1.29, 1.82) is 0 Å². The summed E-state index contributed by atoms with van der Waals surface area (Å²) in [6, 6.07) is 15.2. The lowest BCUT2D eigenvalue weighted by Gasteiger charge is -2.34.